The number of aliphatic hydroxyl groups is 1. The topological polar surface area (TPSA) is 66.3 Å². The molecule has 4 rings (SSSR count). The molecule has 2 aliphatic rings. The van der Waals surface area contributed by atoms with E-state index in [1.807, 2.05) is 23.1 Å². The van der Waals surface area contributed by atoms with E-state index in [-0.39, 0.29) is 12.4 Å². The Morgan fingerprint density at radius 1 is 1.29 bits per heavy atom. The molecule has 0 aliphatic carbocycles. The van der Waals surface area contributed by atoms with Gasteiger partial charge in [0.25, 0.3) is 5.72 Å². The maximum Gasteiger partial charge on any atom is 0.260 e. The van der Waals surface area contributed by atoms with Crippen LogP contribution in [-0.4, -0.2) is 42.6 Å². The lowest BCUT2D eigenvalue weighted by molar-refractivity contribution is -0.137. The summed E-state index contributed by atoms with van der Waals surface area (Å²) in [7, 11) is 1.67. The van der Waals surface area contributed by atoms with Crippen molar-refractivity contribution < 1.29 is 19.1 Å². The number of halogens is 1. The Hall–Kier alpha value is -3.06. The van der Waals surface area contributed by atoms with Crippen LogP contribution in [0.5, 0.6) is 5.75 Å². The van der Waals surface area contributed by atoms with Gasteiger partial charge in [0.1, 0.15) is 18.2 Å². The van der Waals surface area contributed by atoms with Gasteiger partial charge in [-0.1, -0.05) is 18.1 Å². The number of aliphatic hydroxyl groups excluding tert-OH is 1. The van der Waals surface area contributed by atoms with Gasteiger partial charge in [-0.2, -0.15) is 0 Å². The van der Waals surface area contributed by atoms with Gasteiger partial charge >= 0.3 is 0 Å². The number of fused-ring (bicyclic) bond motifs is 1. The maximum absolute atomic E-state index is 13.4. The molecule has 0 aromatic heterocycles. The molecule has 0 radical (unpaired) electrons. The van der Waals surface area contributed by atoms with E-state index in [0.717, 1.165) is 48.4 Å². The van der Waals surface area contributed by atoms with E-state index < -0.39 is 5.72 Å². The molecule has 2 heterocycles. The lowest BCUT2D eigenvalue weighted by Crippen LogP contribution is -2.51. The van der Waals surface area contributed by atoms with E-state index in [1.54, 1.807) is 19.2 Å². The zero-order valence-electron chi connectivity index (χ0n) is 17.9. The lowest BCUT2D eigenvalue weighted by atomic mass is 9.95. The quantitative estimate of drug-likeness (QED) is 0.692. The van der Waals surface area contributed by atoms with Gasteiger partial charge in [-0.25, -0.2) is 4.39 Å². The fourth-order valence-corrected chi connectivity index (χ4v) is 4.11. The van der Waals surface area contributed by atoms with Crippen LogP contribution in [0.25, 0.3) is 6.08 Å². The van der Waals surface area contributed by atoms with Crippen molar-refractivity contribution in [1.82, 2.24) is 4.90 Å². The molecule has 7 heteroatoms. The molecule has 2 aliphatic heterocycles. The fraction of sp³-hybridized carbons (Fsp3) is 0.375. The first-order valence-electron chi connectivity index (χ1n) is 10.6. The van der Waals surface area contributed by atoms with Crippen LogP contribution in [0.1, 0.15) is 37.3 Å². The average molecular weight is 426 g/mol. The predicted molar refractivity (Wildman–Crippen MR) is 119 cm³/mol. The van der Waals surface area contributed by atoms with Gasteiger partial charge in [0.2, 0.25) is 0 Å². The molecule has 2 N–H and O–H groups in total. The summed E-state index contributed by atoms with van der Waals surface area (Å²) in [6, 6.07) is 12.1. The van der Waals surface area contributed by atoms with Crippen molar-refractivity contribution in [2.75, 3.05) is 32.1 Å². The Labute approximate surface area is 182 Å². The van der Waals surface area contributed by atoms with Crippen molar-refractivity contribution in [2.45, 2.75) is 31.9 Å². The number of hydrogen-bond acceptors (Lipinski definition) is 6. The highest BCUT2D eigenvalue weighted by molar-refractivity contribution is 6.03. The number of benzene rings is 2. The summed E-state index contributed by atoms with van der Waals surface area (Å²) in [4.78, 5) is 7.78. The summed E-state index contributed by atoms with van der Waals surface area (Å²) in [5, 5.41) is 18.0. The first kappa shape index (κ1) is 21.2. The maximum atomic E-state index is 13.4. The largest absolute Gasteiger partial charge is 0.495 e. The predicted octanol–water partition coefficient (Wildman–Crippen LogP) is 4.32. The number of rotatable bonds is 7. The first-order chi connectivity index (χ1) is 15.1. The van der Waals surface area contributed by atoms with Gasteiger partial charge < -0.3 is 24.9 Å². The van der Waals surface area contributed by atoms with Gasteiger partial charge in [-0.3, -0.25) is 0 Å². The van der Waals surface area contributed by atoms with Gasteiger partial charge in [-0.15, -0.1) is 0 Å². The van der Waals surface area contributed by atoms with E-state index in [4.69, 9.17) is 9.57 Å². The van der Waals surface area contributed by atoms with Crippen LogP contribution in [0.15, 0.2) is 53.2 Å². The molecule has 1 saturated heterocycles. The number of amidine groups is 1. The van der Waals surface area contributed by atoms with E-state index in [1.165, 1.54) is 12.1 Å². The third-order valence-corrected chi connectivity index (χ3v) is 5.73. The first-order valence-corrected chi connectivity index (χ1v) is 10.6. The molecule has 1 atom stereocenters. The van der Waals surface area contributed by atoms with Crippen molar-refractivity contribution >= 4 is 17.6 Å². The molecule has 1 unspecified atom stereocenters. The highest BCUT2D eigenvalue weighted by Crippen LogP contribution is 2.40. The standard InChI is InChI=1S/C24H28FN3O3/c1-3-12-26-21-11-6-17(15-22(21)30-2)14-18-5-4-13-28-23(18)27-31-24(28,16-29)19-7-9-20(25)10-8-19/h6-11,14-15,26,29H,3-5,12-13,16H2,1-2H3/b18-14+. The zero-order valence-corrected chi connectivity index (χ0v) is 17.9. The van der Waals surface area contributed by atoms with Gasteiger partial charge in [0, 0.05) is 18.7 Å². The Morgan fingerprint density at radius 2 is 2.10 bits per heavy atom. The van der Waals surface area contributed by atoms with Gasteiger partial charge in [0.05, 0.1) is 12.8 Å². The van der Waals surface area contributed by atoms with Crippen molar-refractivity contribution in [3.8, 4) is 5.75 Å². The SMILES string of the molecule is CCCNc1ccc(/C=C2\CCCN3C2=NOC3(CO)c2ccc(F)cc2)cc1OC. The molecular formula is C24H28FN3O3. The number of anilines is 1. The van der Waals surface area contributed by atoms with Crippen LogP contribution in [0.4, 0.5) is 10.1 Å². The number of nitrogens with zero attached hydrogens (tertiary/aromatic N) is 2. The Morgan fingerprint density at radius 3 is 2.81 bits per heavy atom. The molecule has 2 aromatic carbocycles. The molecule has 2 aromatic rings. The molecule has 0 amide bonds. The second kappa shape index (κ2) is 8.98. The summed E-state index contributed by atoms with van der Waals surface area (Å²) >= 11 is 0. The number of piperidine rings is 1. The Kier molecular flexibility index (Phi) is 6.13. The highest BCUT2D eigenvalue weighted by atomic mass is 19.1. The van der Waals surface area contributed by atoms with Crippen LogP contribution in [-0.2, 0) is 10.6 Å². The van der Waals surface area contributed by atoms with Crippen LogP contribution >= 0.6 is 0 Å². The van der Waals surface area contributed by atoms with Crippen molar-refractivity contribution in [1.29, 1.82) is 0 Å². The van der Waals surface area contributed by atoms with Gasteiger partial charge in [-0.05, 0) is 72.9 Å². The van der Waals surface area contributed by atoms with E-state index in [2.05, 4.69) is 23.5 Å². The van der Waals surface area contributed by atoms with Crippen LogP contribution < -0.4 is 10.1 Å². The van der Waals surface area contributed by atoms with Crippen LogP contribution in [0.3, 0.4) is 0 Å². The Balaban J connectivity index is 1.63. The van der Waals surface area contributed by atoms with Crippen LogP contribution in [0, 0.1) is 5.82 Å². The Bertz CT molecular complexity index is 990. The summed E-state index contributed by atoms with van der Waals surface area (Å²) in [6.45, 7) is 3.41. The third-order valence-electron chi connectivity index (χ3n) is 5.73. The highest BCUT2D eigenvalue weighted by Gasteiger charge is 2.49. The molecule has 0 spiro atoms. The van der Waals surface area contributed by atoms with Crippen molar-refractivity contribution in [3.63, 3.8) is 0 Å². The average Bonchev–Trinajstić information content (AvgIpc) is 3.19. The summed E-state index contributed by atoms with van der Waals surface area (Å²) in [5.41, 5.74) is 2.54. The minimum absolute atomic E-state index is 0.287. The van der Waals surface area contributed by atoms with Crippen LogP contribution in [0.2, 0.25) is 0 Å². The number of methoxy groups -OCH3 is 1. The van der Waals surface area contributed by atoms with E-state index >= 15 is 0 Å². The van der Waals surface area contributed by atoms with Crippen molar-refractivity contribution in [2.24, 2.45) is 5.16 Å². The fourth-order valence-electron chi connectivity index (χ4n) is 4.11. The number of ether oxygens (including phenoxy) is 1. The minimum atomic E-state index is -1.13. The number of nitrogens with one attached hydrogen (secondary N) is 1. The summed E-state index contributed by atoms with van der Waals surface area (Å²) in [6.07, 6.45) is 4.86. The lowest BCUT2D eigenvalue weighted by Gasteiger charge is -2.38. The van der Waals surface area contributed by atoms with Gasteiger partial charge in [0.15, 0.2) is 5.84 Å². The monoisotopic (exact) mass is 425 g/mol. The molecule has 1 fully saturated rings. The molecule has 0 saturated carbocycles. The van der Waals surface area contributed by atoms with E-state index in [0.29, 0.717) is 17.9 Å². The third kappa shape index (κ3) is 3.97. The zero-order chi connectivity index (χ0) is 21.8. The summed E-state index contributed by atoms with van der Waals surface area (Å²) in [5.74, 6) is 1.16. The summed E-state index contributed by atoms with van der Waals surface area (Å²) < 4.78 is 19.0. The normalized spacial score (nSPS) is 21.5. The molecule has 0 bridgehead atoms. The molecular weight excluding hydrogens is 397 g/mol. The molecule has 31 heavy (non-hydrogen) atoms. The second-order valence-electron chi connectivity index (χ2n) is 7.77. The minimum Gasteiger partial charge on any atom is -0.495 e. The van der Waals surface area contributed by atoms with Crippen molar-refractivity contribution in [3.05, 3.63) is 65.0 Å². The number of hydrogen-bond donors (Lipinski definition) is 2. The smallest absolute Gasteiger partial charge is 0.260 e. The number of oxime groups is 1. The second-order valence-corrected chi connectivity index (χ2v) is 7.77. The molecule has 164 valence electrons. The molecule has 6 nitrogen and oxygen atoms in total. The van der Waals surface area contributed by atoms with E-state index in [9.17, 15) is 9.50 Å².